The molecule has 0 spiro atoms. The van der Waals surface area contributed by atoms with Gasteiger partial charge in [0.15, 0.2) is 0 Å². The number of thiol groups is 1. The van der Waals surface area contributed by atoms with Crippen LogP contribution in [0, 0.1) is 28.1 Å². The zero-order valence-corrected chi connectivity index (χ0v) is 30.2. The highest BCUT2D eigenvalue weighted by Gasteiger charge is 2.52. The number of nitrogens with one attached hydrogen (secondary N) is 2. The Morgan fingerprint density at radius 3 is 2.33 bits per heavy atom. The van der Waals surface area contributed by atoms with Crippen LogP contribution in [-0.2, 0) is 6.42 Å². The van der Waals surface area contributed by atoms with Gasteiger partial charge in [-0.3, -0.25) is 0 Å². The highest BCUT2D eigenvalue weighted by molar-refractivity contribution is 7.80. The molecule has 3 aliphatic carbocycles. The molecule has 0 aromatic heterocycles. The highest BCUT2D eigenvalue weighted by Crippen LogP contribution is 2.59. The van der Waals surface area contributed by atoms with Gasteiger partial charge in [-0.15, -0.1) is 0 Å². The molecule has 1 aromatic rings. The van der Waals surface area contributed by atoms with E-state index in [1.54, 1.807) is 0 Å². The molecular formula is C35H56B3F2N3O2S. The third-order valence-electron chi connectivity index (χ3n) is 10.7. The SMILES string of the molecule is CCC(C)(C)CC.CN(C)CCNC(=O)Oc1ccc2c(c1)CCC1C2CCC2(C)C(=N)CCC12.[B]C([B])([B])C(F)(F)CCCS. The van der Waals surface area contributed by atoms with Gasteiger partial charge in [-0.05, 0) is 111 Å². The molecule has 4 rings (SSSR count). The summed E-state index contributed by atoms with van der Waals surface area (Å²) in [6.45, 7) is 12.8. The third kappa shape index (κ3) is 11.0. The third-order valence-corrected chi connectivity index (χ3v) is 11.0. The Labute approximate surface area is 287 Å². The standard InChI is InChI=1S/C23H33N3O2.C7H16.C5H7B3F2S/c1-23-11-10-18-17-7-5-16(28-22(27)25-12-13-26(2)3)14-15(17)4-6-19(18)20(23)8-9-21(23)24;1-5-7(3,4)6-2;6-5(7,8)4(9,10)2-1-3-11/h5,7,14,18-20,24H,4,6,8-13H2,1-3H3,(H,25,27);5-6H2,1-4H3;11H,1-3H2. The first-order chi connectivity index (χ1) is 21.3. The Balaban J connectivity index is 0.000000339. The van der Waals surface area contributed by atoms with Crippen molar-refractivity contribution in [2.75, 3.05) is 32.9 Å². The van der Waals surface area contributed by atoms with Gasteiger partial charge in [-0.25, -0.2) is 13.6 Å². The van der Waals surface area contributed by atoms with E-state index in [1.807, 2.05) is 25.1 Å². The Kier molecular flexibility index (Phi) is 15.3. The topological polar surface area (TPSA) is 65.4 Å². The van der Waals surface area contributed by atoms with Crippen molar-refractivity contribution >= 4 is 48.0 Å². The summed E-state index contributed by atoms with van der Waals surface area (Å²) in [6.07, 6.45) is 8.78. The van der Waals surface area contributed by atoms with Crippen LogP contribution in [0.1, 0.15) is 109 Å². The van der Waals surface area contributed by atoms with E-state index in [9.17, 15) is 13.6 Å². The summed E-state index contributed by atoms with van der Waals surface area (Å²) in [7, 11) is 18.5. The molecule has 6 radical (unpaired) electrons. The second-order valence-electron chi connectivity index (χ2n) is 14.7. The molecule has 46 heavy (non-hydrogen) atoms. The van der Waals surface area contributed by atoms with Crippen molar-refractivity contribution in [3.63, 3.8) is 0 Å². The van der Waals surface area contributed by atoms with Gasteiger partial charge >= 0.3 is 6.09 Å². The lowest BCUT2D eigenvalue weighted by molar-refractivity contribution is -0.00702. The monoisotopic (exact) mass is 653 g/mol. The maximum atomic E-state index is 12.7. The molecule has 1 amide bonds. The summed E-state index contributed by atoms with van der Waals surface area (Å²) < 4.78 is 30.9. The van der Waals surface area contributed by atoms with Crippen LogP contribution >= 0.6 is 12.6 Å². The number of aryl methyl sites for hydroxylation is 1. The van der Waals surface area contributed by atoms with Crippen molar-refractivity contribution in [1.82, 2.24) is 10.2 Å². The van der Waals surface area contributed by atoms with Crippen molar-refractivity contribution in [2.45, 2.75) is 116 Å². The molecular weight excluding hydrogens is 597 g/mol. The fourth-order valence-corrected chi connectivity index (χ4v) is 6.89. The van der Waals surface area contributed by atoms with Gasteiger partial charge in [-0.2, -0.15) is 12.6 Å². The first kappa shape index (κ1) is 40.7. The van der Waals surface area contributed by atoms with Crippen LogP contribution in [0.3, 0.4) is 0 Å². The molecule has 2 fully saturated rings. The summed E-state index contributed by atoms with van der Waals surface area (Å²) in [5, 5.41) is 8.81. The number of halogens is 2. The molecule has 2 saturated carbocycles. The summed E-state index contributed by atoms with van der Waals surface area (Å²) in [5.74, 6) is -0.236. The number of carbonyl (C=O) groups is 1. The van der Waals surface area contributed by atoms with Crippen LogP contribution in [0.2, 0.25) is 5.11 Å². The summed E-state index contributed by atoms with van der Waals surface area (Å²) >= 11 is 3.77. The summed E-state index contributed by atoms with van der Waals surface area (Å²) in [6, 6.07) is 6.22. The normalized spacial score (nSPS) is 24.0. The Bertz CT molecular complexity index is 1140. The number of fused-ring (bicyclic) bond motifs is 5. The quantitative estimate of drug-likeness (QED) is 0.178. The molecule has 0 heterocycles. The molecule has 3 aliphatic rings. The predicted octanol–water partition coefficient (Wildman–Crippen LogP) is 7.96. The highest BCUT2D eigenvalue weighted by atomic mass is 32.1. The second-order valence-corrected chi connectivity index (χ2v) is 15.2. The molecule has 1 aromatic carbocycles. The minimum atomic E-state index is -3.23. The van der Waals surface area contributed by atoms with Gasteiger partial charge in [0, 0.05) is 30.6 Å². The number of hydrogen-bond donors (Lipinski definition) is 3. The van der Waals surface area contributed by atoms with E-state index in [0.29, 0.717) is 41.2 Å². The smallest absolute Gasteiger partial charge is 0.410 e. The molecule has 4 atom stereocenters. The zero-order valence-electron chi connectivity index (χ0n) is 29.4. The van der Waals surface area contributed by atoms with E-state index < -0.39 is 17.5 Å². The minimum absolute atomic E-state index is 0.145. The lowest BCUT2D eigenvalue weighted by atomic mass is 9.39. The van der Waals surface area contributed by atoms with E-state index in [-0.39, 0.29) is 17.9 Å². The lowest BCUT2D eigenvalue weighted by Crippen LogP contribution is -2.42. The zero-order chi connectivity index (χ0) is 34.9. The average Bonchev–Trinajstić information content (AvgIpc) is 3.29. The van der Waals surface area contributed by atoms with Crippen molar-refractivity contribution in [3.05, 3.63) is 29.3 Å². The van der Waals surface area contributed by atoms with Crippen LogP contribution < -0.4 is 10.1 Å². The van der Waals surface area contributed by atoms with Gasteiger partial charge in [0.1, 0.15) is 5.75 Å². The van der Waals surface area contributed by atoms with E-state index in [2.05, 4.69) is 64.7 Å². The summed E-state index contributed by atoms with van der Waals surface area (Å²) in [5.41, 5.74) is 4.52. The minimum Gasteiger partial charge on any atom is -0.410 e. The van der Waals surface area contributed by atoms with Gasteiger partial charge in [0.05, 0.1) is 23.5 Å². The van der Waals surface area contributed by atoms with Crippen LogP contribution in [0.4, 0.5) is 13.6 Å². The maximum absolute atomic E-state index is 12.7. The number of hydrogen-bond acceptors (Lipinski definition) is 5. The van der Waals surface area contributed by atoms with Crippen LogP contribution in [0.5, 0.6) is 5.75 Å². The number of ether oxygens (including phenoxy) is 1. The first-order valence-electron chi connectivity index (χ1n) is 17.0. The molecule has 11 heteroatoms. The van der Waals surface area contributed by atoms with Crippen LogP contribution in [0.25, 0.3) is 0 Å². The lowest BCUT2D eigenvalue weighted by Gasteiger charge is -2.49. The van der Waals surface area contributed by atoms with Gasteiger partial charge in [-0.1, -0.05) is 58.6 Å². The van der Waals surface area contributed by atoms with Crippen molar-refractivity contribution in [2.24, 2.45) is 22.7 Å². The number of likely N-dealkylation sites (N-methyl/N-ethyl adjacent to an activating group) is 1. The van der Waals surface area contributed by atoms with Crippen LogP contribution in [0.15, 0.2) is 18.2 Å². The van der Waals surface area contributed by atoms with E-state index in [4.69, 9.17) is 33.7 Å². The van der Waals surface area contributed by atoms with Crippen molar-refractivity contribution in [1.29, 1.82) is 5.41 Å². The molecule has 0 bridgehead atoms. The molecule has 0 aliphatic heterocycles. The Hall–Kier alpha value is -1.48. The average molecular weight is 653 g/mol. The van der Waals surface area contributed by atoms with E-state index in [0.717, 1.165) is 31.5 Å². The fourth-order valence-electron chi connectivity index (χ4n) is 6.73. The van der Waals surface area contributed by atoms with E-state index >= 15 is 0 Å². The largest absolute Gasteiger partial charge is 0.412 e. The van der Waals surface area contributed by atoms with Crippen molar-refractivity contribution < 1.29 is 18.3 Å². The van der Waals surface area contributed by atoms with Gasteiger partial charge in [0.2, 0.25) is 5.92 Å². The summed E-state index contributed by atoms with van der Waals surface area (Å²) in [4.78, 5) is 14.0. The second kappa shape index (κ2) is 17.3. The fraction of sp³-hybridized carbons (Fsp3) is 0.771. The molecule has 2 N–H and O–H groups in total. The Morgan fingerprint density at radius 1 is 1.13 bits per heavy atom. The number of benzene rings is 1. The number of nitrogens with zero attached hydrogens (tertiary/aromatic N) is 1. The van der Waals surface area contributed by atoms with Gasteiger partial charge in [0.25, 0.3) is 0 Å². The first-order valence-corrected chi connectivity index (χ1v) is 17.6. The maximum Gasteiger partial charge on any atom is 0.412 e. The molecule has 0 saturated heterocycles. The molecule has 252 valence electrons. The van der Waals surface area contributed by atoms with E-state index in [1.165, 1.54) is 43.2 Å². The number of amides is 1. The number of carbonyl (C=O) groups excluding carboxylic acids is 1. The number of rotatable bonds is 10. The predicted molar refractivity (Wildman–Crippen MR) is 194 cm³/mol. The van der Waals surface area contributed by atoms with Crippen molar-refractivity contribution in [3.8, 4) is 5.75 Å². The van der Waals surface area contributed by atoms with Crippen LogP contribution in [-0.4, -0.2) is 79.1 Å². The Morgan fingerprint density at radius 2 is 1.78 bits per heavy atom. The van der Waals surface area contributed by atoms with Gasteiger partial charge < -0.3 is 20.4 Å². The molecule has 4 unspecified atom stereocenters. The molecule has 5 nitrogen and oxygen atoms in total. The number of alkyl halides is 2.